The molecule has 4 heterocycles. The van der Waals surface area contributed by atoms with Crippen LogP contribution in [0.5, 0.6) is 17.4 Å². The van der Waals surface area contributed by atoms with Gasteiger partial charge in [-0.05, 0) is 74.5 Å². The lowest BCUT2D eigenvalue weighted by Crippen LogP contribution is -2.48. The number of sulfonamides is 1. The van der Waals surface area contributed by atoms with E-state index in [0.29, 0.717) is 74.2 Å². The Bertz CT molecular complexity index is 2020. The van der Waals surface area contributed by atoms with Crippen LogP contribution in [0.1, 0.15) is 71.6 Å². The molecule has 2 aromatic rings. The zero-order chi connectivity index (χ0) is 41.2. The fourth-order valence-corrected chi connectivity index (χ4v) is 9.97. The van der Waals surface area contributed by atoms with E-state index in [-0.39, 0.29) is 73.8 Å². The third kappa shape index (κ3) is 9.28. The Balaban J connectivity index is 1.21. The molecule has 58 heavy (non-hydrogen) atoms. The number of hydrogen-bond acceptors (Lipinski definition) is 13. The van der Waals surface area contributed by atoms with Crippen LogP contribution in [-0.4, -0.2) is 113 Å². The number of carbonyl (C=O) groups is 4. The van der Waals surface area contributed by atoms with Crippen LogP contribution in [0.4, 0.5) is 0 Å². The van der Waals surface area contributed by atoms with Gasteiger partial charge in [0.2, 0.25) is 27.7 Å². The Morgan fingerprint density at radius 2 is 1.83 bits per heavy atom. The summed E-state index contributed by atoms with van der Waals surface area (Å²) in [6.07, 6.45) is 7.56. The molecule has 2 aliphatic carbocycles. The van der Waals surface area contributed by atoms with E-state index in [1.54, 1.807) is 32.5 Å². The number of amides is 2. The number of hydrogen-bond donors (Lipinski definition) is 1. The summed E-state index contributed by atoms with van der Waals surface area (Å²) in [6.45, 7) is 5.36. The largest absolute Gasteiger partial charge is 0.497 e. The first-order chi connectivity index (χ1) is 27.8. The van der Waals surface area contributed by atoms with Crippen LogP contribution in [0.3, 0.4) is 0 Å². The summed E-state index contributed by atoms with van der Waals surface area (Å²) < 4.78 is 62.2. The summed E-state index contributed by atoms with van der Waals surface area (Å²) in [5.74, 6) is -1.75. The Morgan fingerprint density at radius 3 is 2.53 bits per heavy atom. The number of Topliss-reactive ketones (excluding diaryl/α,β-unsaturated/α-hetero) is 1. The summed E-state index contributed by atoms with van der Waals surface area (Å²) in [5.41, 5.74) is -1.27. The highest BCUT2D eigenvalue weighted by molar-refractivity contribution is 7.90. The molecule has 316 valence electrons. The Labute approximate surface area is 339 Å². The maximum absolute atomic E-state index is 14.9. The van der Waals surface area contributed by atoms with Gasteiger partial charge < -0.3 is 33.3 Å². The van der Waals surface area contributed by atoms with Crippen molar-refractivity contribution in [1.29, 1.82) is 0 Å². The van der Waals surface area contributed by atoms with Gasteiger partial charge >= 0.3 is 5.97 Å². The molecule has 16 heteroatoms. The number of pyridine rings is 1. The number of allylic oxidation sites excluding steroid dienone is 2. The van der Waals surface area contributed by atoms with E-state index in [9.17, 15) is 27.6 Å². The second-order valence-electron chi connectivity index (χ2n) is 16.7. The minimum atomic E-state index is -3.87. The van der Waals surface area contributed by atoms with Crippen molar-refractivity contribution in [2.45, 2.75) is 95.1 Å². The Morgan fingerprint density at radius 1 is 1.03 bits per heavy atom. The molecule has 3 aliphatic heterocycles. The fraction of sp³-hybridized carbons (Fsp3) is 0.643. The van der Waals surface area contributed by atoms with Gasteiger partial charge in [-0.15, -0.1) is 0 Å². The summed E-state index contributed by atoms with van der Waals surface area (Å²) in [4.78, 5) is 62.9. The zero-order valence-electron chi connectivity index (χ0n) is 33.7. The molecule has 15 nitrogen and oxygen atoms in total. The maximum Gasteiger partial charge on any atom is 0.307 e. The van der Waals surface area contributed by atoms with Crippen molar-refractivity contribution >= 4 is 44.4 Å². The monoisotopic (exact) mass is 825 g/mol. The van der Waals surface area contributed by atoms with Crippen LogP contribution in [0.15, 0.2) is 36.5 Å². The number of ether oxygens (including phenoxy) is 6. The average molecular weight is 826 g/mol. The van der Waals surface area contributed by atoms with Gasteiger partial charge in [-0.3, -0.25) is 23.9 Å². The first kappa shape index (κ1) is 41.9. The standard InChI is InChI=1S/C42H55N3O12S/c1-25-7-5-6-8-27-19-42(27,41(49)44-58(50,51)31-10-11-31)20-36(46)35-17-29(22-45(35)40(48)33(26(2)15-25)18-38(47)56-30-23-54-24-30)57-39-32-12-9-28(53-4)16-34(32)37(21-43-39)55-14-13-52-3/h6,8-9,12,16,21,25-27,29-31,33,35H,5,7,10-11,13-15,17-20,22-24H2,1-4H3,(H,44,49)/b8-6-/t25-,26+,27+,29+,33-,35-,42+/m0/s1. The Hall–Kier alpha value is -4.28. The topological polar surface area (TPSA) is 186 Å². The number of rotatable bonds is 13. The molecule has 0 bridgehead atoms. The fourth-order valence-electron chi connectivity index (χ4n) is 8.58. The molecule has 1 aromatic carbocycles. The van der Waals surface area contributed by atoms with Crippen molar-refractivity contribution in [1.82, 2.24) is 14.6 Å². The van der Waals surface area contributed by atoms with Crippen LogP contribution < -0.4 is 18.9 Å². The number of aromatic nitrogens is 1. The molecule has 2 saturated carbocycles. The lowest BCUT2D eigenvalue weighted by Gasteiger charge is -2.33. The molecule has 0 unspecified atom stereocenters. The maximum atomic E-state index is 14.9. The molecule has 2 saturated heterocycles. The molecule has 2 amide bonds. The second-order valence-corrected chi connectivity index (χ2v) is 18.7. The predicted octanol–water partition coefficient (Wildman–Crippen LogP) is 4.15. The van der Waals surface area contributed by atoms with Crippen molar-refractivity contribution in [2.24, 2.45) is 29.1 Å². The first-order valence-corrected chi connectivity index (χ1v) is 21.9. The molecule has 4 fully saturated rings. The van der Waals surface area contributed by atoms with E-state index in [1.807, 2.05) is 25.1 Å². The third-order valence-electron chi connectivity index (χ3n) is 12.3. The number of ketones is 1. The molecular weight excluding hydrogens is 771 g/mol. The van der Waals surface area contributed by atoms with Gasteiger partial charge in [0, 0.05) is 30.7 Å². The van der Waals surface area contributed by atoms with Crippen LogP contribution in [0, 0.1) is 29.1 Å². The van der Waals surface area contributed by atoms with Gasteiger partial charge in [0.15, 0.2) is 5.78 Å². The van der Waals surface area contributed by atoms with Gasteiger partial charge in [-0.25, -0.2) is 13.4 Å². The van der Waals surface area contributed by atoms with Crippen LogP contribution >= 0.6 is 0 Å². The number of carbonyl (C=O) groups excluding carboxylic acids is 4. The van der Waals surface area contributed by atoms with Gasteiger partial charge in [0.05, 0.1) is 68.7 Å². The van der Waals surface area contributed by atoms with Crippen LogP contribution in [-0.2, 0) is 43.4 Å². The summed E-state index contributed by atoms with van der Waals surface area (Å²) in [5, 5.41) is 0.696. The van der Waals surface area contributed by atoms with E-state index in [2.05, 4.69) is 16.6 Å². The molecule has 1 N–H and O–H groups in total. The van der Waals surface area contributed by atoms with Crippen molar-refractivity contribution < 1.29 is 56.0 Å². The van der Waals surface area contributed by atoms with E-state index in [4.69, 9.17) is 28.4 Å². The quantitative estimate of drug-likeness (QED) is 0.173. The number of fused-ring (bicyclic) bond motifs is 3. The van der Waals surface area contributed by atoms with Crippen molar-refractivity contribution in [3.05, 3.63) is 36.5 Å². The van der Waals surface area contributed by atoms with Crippen molar-refractivity contribution in [2.75, 3.05) is 47.2 Å². The highest BCUT2D eigenvalue weighted by Crippen LogP contribution is 2.57. The van der Waals surface area contributed by atoms with Gasteiger partial charge in [-0.1, -0.05) is 26.0 Å². The van der Waals surface area contributed by atoms with E-state index in [0.717, 1.165) is 6.42 Å². The summed E-state index contributed by atoms with van der Waals surface area (Å²) in [6, 6.07) is 4.38. The average Bonchev–Trinajstić information content (AvgIpc) is 4.11. The van der Waals surface area contributed by atoms with Crippen LogP contribution in [0.2, 0.25) is 0 Å². The highest BCUT2D eigenvalue weighted by Gasteiger charge is 2.61. The normalized spacial score (nSPS) is 29.9. The molecule has 7 rings (SSSR count). The van der Waals surface area contributed by atoms with E-state index >= 15 is 0 Å². The third-order valence-corrected chi connectivity index (χ3v) is 14.1. The Kier molecular flexibility index (Phi) is 12.6. The first-order valence-electron chi connectivity index (χ1n) is 20.4. The lowest BCUT2D eigenvalue weighted by atomic mass is 9.82. The van der Waals surface area contributed by atoms with Crippen molar-refractivity contribution in [3.8, 4) is 17.4 Å². The predicted molar refractivity (Wildman–Crippen MR) is 211 cm³/mol. The number of benzene rings is 1. The van der Waals surface area contributed by atoms with Crippen LogP contribution in [0.25, 0.3) is 10.8 Å². The van der Waals surface area contributed by atoms with Gasteiger partial charge in [-0.2, -0.15) is 0 Å². The molecule has 7 atom stereocenters. The number of methoxy groups -OCH3 is 2. The minimum absolute atomic E-state index is 0.0174. The zero-order valence-corrected chi connectivity index (χ0v) is 34.5. The molecular formula is C42H55N3O12S. The molecule has 0 spiro atoms. The minimum Gasteiger partial charge on any atom is -0.497 e. The summed E-state index contributed by atoms with van der Waals surface area (Å²) >= 11 is 0. The van der Waals surface area contributed by atoms with Crippen molar-refractivity contribution in [3.63, 3.8) is 0 Å². The van der Waals surface area contributed by atoms with Gasteiger partial charge in [0.25, 0.3) is 0 Å². The molecule has 0 radical (unpaired) electrons. The number of esters is 1. The van der Waals surface area contributed by atoms with E-state index < -0.39 is 50.6 Å². The number of nitrogens with zero attached hydrogens (tertiary/aromatic N) is 2. The SMILES string of the molecule is COCCOc1cnc(O[C@@H]2C[C@H]3C(=O)C[C@]4(C(=O)NS(=O)(=O)C5CC5)C[C@H]4/C=C\CC[C@H](C)C[C@@H](C)[C@H](CC(=O)OC4COC4)C(=O)N3C2)c2ccc(OC)cc12. The van der Waals surface area contributed by atoms with E-state index in [1.165, 1.54) is 4.90 Å². The highest BCUT2D eigenvalue weighted by atomic mass is 32.2. The molecule has 5 aliphatic rings. The lowest BCUT2D eigenvalue weighted by molar-refractivity contribution is -0.175. The smallest absolute Gasteiger partial charge is 0.307 e. The molecule has 1 aromatic heterocycles. The second kappa shape index (κ2) is 17.5. The number of nitrogens with one attached hydrogen (secondary N) is 1. The summed E-state index contributed by atoms with van der Waals surface area (Å²) in [7, 11) is -0.726. The van der Waals surface area contributed by atoms with Gasteiger partial charge in [0.1, 0.15) is 30.3 Å².